The Bertz CT molecular complexity index is 459. The molecule has 6 nitrogen and oxygen atoms in total. The van der Waals surface area contributed by atoms with Gasteiger partial charge in [-0.25, -0.2) is 0 Å². The van der Waals surface area contributed by atoms with Gasteiger partial charge >= 0.3 is 5.97 Å². The molecule has 0 spiro atoms. The highest BCUT2D eigenvalue weighted by molar-refractivity contribution is 5.86. The van der Waals surface area contributed by atoms with Crippen LogP contribution in [-0.2, 0) is 9.59 Å². The lowest BCUT2D eigenvalue weighted by Crippen LogP contribution is -2.42. The number of carboxylic acid groups (broad SMARTS) is 1. The van der Waals surface area contributed by atoms with Gasteiger partial charge in [0.05, 0.1) is 25.1 Å². The molecule has 0 aliphatic carbocycles. The number of hydrogen-bond acceptors (Lipinski definition) is 4. The average Bonchev–Trinajstić information content (AvgIpc) is 2.39. The number of hydrogen-bond donors (Lipinski definition) is 3. The van der Waals surface area contributed by atoms with Gasteiger partial charge in [-0.3, -0.25) is 9.59 Å². The van der Waals surface area contributed by atoms with Gasteiger partial charge in [0.1, 0.15) is 5.75 Å². The SMILES string of the molecule is CCOc1ccc(C(C)NC(=O)C(N)CC(=O)O)cc1. The maximum absolute atomic E-state index is 11.7. The van der Waals surface area contributed by atoms with Gasteiger partial charge in [-0.1, -0.05) is 12.1 Å². The van der Waals surface area contributed by atoms with Crippen molar-refractivity contribution in [2.45, 2.75) is 32.4 Å². The molecule has 0 aliphatic rings. The number of ether oxygens (including phenoxy) is 1. The molecule has 2 unspecified atom stereocenters. The van der Waals surface area contributed by atoms with Crippen LogP contribution in [0.2, 0.25) is 0 Å². The number of aliphatic carboxylic acids is 1. The minimum atomic E-state index is -1.10. The molecule has 2 atom stereocenters. The predicted octanol–water partition coefficient (Wildman–Crippen LogP) is 1.06. The Labute approximate surface area is 117 Å². The summed E-state index contributed by atoms with van der Waals surface area (Å²) < 4.78 is 5.33. The third-order valence-electron chi connectivity index (χ3n) is 2.78. The van der Waals surface area contributed by atoms with Crippen LogP contribution in [-0.4, -0.2) is 29.6 Å². The summed E-state index contributed by atoms with van der Waals surface area (Å²) in [5.74, 6) is -0.812. The topological polar surface area (TPSA) is 102 Å². The fourth-order valence-corrected chi connectivity index (χ4v) is 1.70. The fourth-order valence-electron chi connectivity index (χ4n) is 1.70. The highest BCUT2D eigenvalue weighted by atomic mass is 16.5. The number of nitrogens with two attached hydrogens (primary N) is 1. The van der Waals surface area contributed by atoms with Gasteiger partial charge in [0.25, 0.3) is 0 Å². The first-order chi connectivity index (χ1) is 9.43. The normalized spacial score (nSPS) is 13.3. The standard InChI is InChI=1S/C14H20N2O4/c1-3-20-11-6-4-10(5-7-11)9(2)16-14(19)12(15)8-13(17)18/h4-7,9,12H,3,8,15H2,1-2H3,(H,16,19)(H,17,18). The average molecular weight is 280 g/mol. The molecule has 0 saturated heterocycles. The van der Waals surface area contributed by atoms with Crippen LogP contribution in [0, 0.1) is 0 Å². The maximum Gasteiger partial charge on any atom is 0.305 e. The molecule has 0 aromatic heterocycles. The molecule has 20 heavy (non-hydrogen) atoms. The zero-order valence-electron chi connectivity index (χ0n) is 11.6. The molecule has 1 amide bonds. The molecule has 0 radical (unpaired) electrons. The van der Waals surface area contributed by atoms with Crippen molar-refractivity contribution >= 4 is 11.9 Å². The van der Waals surface area contributed by atoms with Crippen molar-refractivity contribution in [3.05, 3.63) is 29.8 Å². The summed E-state index contributed by atoms with van der Waals surface area (Å²) in [7, 11) is 0. The lowest BCUT2D eigenvalue weighted by atomic mass is 10.1. The number of benzene rings is 1. The quantitative estimate of drug-likeness (QED) is 0.693. The Morgan fingerprint density at radius 3 is 2.45 bits per heavy atom. The molecule has 0 heterocycles. The first-order valence-electron chi connectivity index (χ1n) is 6.44. The van der Waals surface area contributed by atoms with Crippen molar-refractivity contribution in [1.29, 1.82) is 0 Å². The summed E-state index contributed by atoms with van der Waals surface area (Å²) in [5, 5.41) is 11.3. The zero-order valence-corrected chi connectivity index (χ0v) is 11.6. The Hall–Kier alpha value is -2.08. The Morgan fingerprint density at radius 2 is 1.95 bits per heavy atom. The van der Waals surface area contributed by atoms with Crippen LogP contribution in [0.1, 0.15) is 31.9 Å². The number of amides is 1. The van der Waals surface area contributed by atoms with Crippen LogP contribution >= 0.6 is 0 Å². The monoisotopic (exact) mass is 280 g/mol. The van der Waals surface area contributed by atoms with Crippen LogP contribution < -0.4 is 15.8 Å². The molecular formula is C14H20N2O4. The number of carbonyl (C=O) groups excluding carboxylic acids is 1. The summed E-state index contributed by atoms with van der Waals surface area (Å²) in [6, 6.07) is 6.03. The van der Waals surface area contributed by atoms with Crippen LogP contribution in [0.5, 0.6) is 5.75 Å². The summed E-state index contributed by atoms with van der Waals surface area (Å²) >= 11 is 0. The molecule has 0 fully saturated rings. The van der Waals surface area contributed by atoms with Gasteiger partial charge in [-0.2, -0.15) is 0 Å². The van der Waals surface area contributed by atoms with Crippen molar-refractivity contribution in [3.63, 3.8) is 0 Å². The summed E-state index contributed by atoms with van der Waals surface area (Å²) in [6.07, 6.45) is -0.387. The Morgan fingerprint density at radius 1 is 1.35 bits per heavy atom. The molecule has 1 aromatic rings. The highest BCUT2D eigenvalue weighted by Crippen LogP contribution is 2.17. The molecule has 0 saturated carbocycles. The van der Waals surface area contributed by atoms with E-state index in [4.69, 9.17) is 15.6 Å². The molecule has 0 bridgehead atoms. The molecule has 110 valence electrons. The first kappa shape index (κ1) is 16.0. The smallest absolute Gasteiger partial charge is 0.305 e. The van der Waals surface area contributed by atoms with E-state index in [2.05, 4.69) is 5.32 Å². The highest BCUT2D eigenvalue weighted by Gasteiger charge is 2.19. The van der Waals surface area contributed by atoms with Crippen LogP contribution in [0.3, 0.4) is 0 Å². The summed E-state index contributed by atoms with van der Waals surface area (Å²) in [5.41, 5.74) is 6.39. The van der Waals surface area contributed by atoms with E-state index in [9.17, 15) is 9.59 Å². The van der Waals surface area contributed by atoms with E-state index >= 15 is 0 Å². The van der Waals surface area contributed by atoms with E-state index in [1.807, 2.05) is 31.2 Å². The second-order valence-corrected chi connectivity index (χ2v) is 4.44. The van der Waals surface area contributed by atoms with Gasteiger partial charge in [0.15, 0.2) is 0 Å². The van der Waals surface area contributed by atoms with E-state index < -0.39 is 17.9 Å². The number of carboxylic acids is 1. The number of rotatable bonds is 7. The maximum atomic E-state index is 11.7. The summed E-state index contributed by atoms with van der Waals surface area (Å²) in [4.78, 5) is 22.2. The first-order valence-corrected chi connectivity index (χ1v) is 6.44. The second-order valence-electron chi connectivity index (χ2n) is 4.44. The largest absolute Gasteiger partial charge is 0.494 e. The minimum absolute atomic E-state index is 0.252. The Balaban J connectivity index is 2.59. The van der Waals surface area contributed by atoms with E-state index in [0.717, 1.165) is 11.3 Å². The number of nitrogens with one attached hydrogen (secondary N) is 1. The number of carbonyl (C=O) groups is 2. The molecular weight excluding hydrogens is 260 g/mol. The van der Waals surface area contributed by atoms with Crippen molar-refractivity contribution in [2.75, 3.05) is 6.61 Å². The third kappa shape index (κ3) is 4.89. The Kier molecular flexibility index (Phi) is 5.99. The van der Waals surface area contributed by atoms with E-state index in [-0.39, 0.29) is 12.5 Å². The van der Waals surface area contributed by atoms with E-state index in [1.165, 1.54) is 0 Å². The van der Waals surface area contributed by atoms with Crippen LogP contribution in [0.4, 0.5) is 0 Å². The molecule has 0 aliphatic heterocycles. The lowest BCUT2D eigenvalue weighted by Gasteiger charge is -2.17. The lowest BCUT2D eigenvalue weighted by molar-refractivity contribution is -0.139. The zero-order chi connectivity index (χ0) is 15.1. The van der Waals surface area contributed by atoms with Crippen molar-refractivity contribution in [3.8, 4) is 5.75 Å². The molecule has 1 rings (SSSR count). The van der Waals surface area contributed by atoms with Crippen molar-refractivity contribution in [2.24, 2.45) is 5.73 Å². The van der Waals surface area contributed by atoms with Gasteiger partial charge in [0, 0.05) is 0 Å². The van der Waals surface area contributed by atoms with E-state index in [0.29, 0.717) is 6.61 Å². The van der Waals surface area contributed by atoms with E-state index in [1.54, 1.807) is 6.92 Å². The minimum Gasteiger partial charge on any atom is -0.494 e. The van der Waals surface area contributed by atoms with Gasteiger partial charge in [-0.05, 0) is 31.5 Å². The fraction of sp³-hybridized carbons (Fsp3) is 0.429. The van der Waals surface area contributed by atoms with Crippen LogP contribution in [0.25, 0.3) is 0 Å². The second kappa shape index (κ2) is 7.49. The van der Waals surface area contributed by atoms with Gasteiger partial charge < -0.3 is 20.9 Å². The molecule has 1 aromatic carbocycles. The predicted molar refractivity (Wildman–Crippen MR) is 74.4 cm³/mol. The van der Waals surface area contributed by atoms with Gasteiger partial charge in [0.2, 0.25) is 5.91 Å². The molecule has 6 heteroatoms. The van der Waals surface area contributed by atoms with Crippen LogP contribution in [0.15, 0.2) is 24.3 Å². The van der Waals surface area contributed by atoms with Crippen molar-refractivity contribution < 1.29 is 19.4 Å². The van der Waals surface area contributed by atoms with Gasteiger partial charge in [-0.15, -0.1) is 0 Å². The summed E-state index contributed by atoms with van der Waals surface area (Å²) in [6.45, 7) is 4.30. The van der Waals surface area contributed by atoms with Crippen molar-refractivity contribution in [1.82, 2.24) is 5.32 Å². The third-order valence-corrected chi connectivity index (χ3v) is 2.78. The molecule has 4 N–H and O–H groups in total.